The molecule has 0 amide bonds. The summed E-state index contributed by atoms with van der Waals surface area (Å²) >= 11 is 6.36. The second-order valence-corrected chi connectivity index (χ2v) is 8.36. The Morgan fingerprint density at radius 2 is 1.85 bits per heavy atom. The molecule has 2 aromatic rings. The van der Waals surface area contributed by atoms with Crippen molar-refractivity contribution in [1.82, 2.24) is 0 Å². The minimum atomic E-state index is -0.720. The zero-order chi connectivity index (χ0) is 23.8. The van der Waals surface area contributed by atoms with Crippen molar-refractivity contribution >= 4 is 23.3 Å². The number of esters is 1. The number of hydrogen-bond donors (Lipinski definition) is 2. The van der Waals surface area contributed by atoms with Gasteiger partial charge in [-0.3, -0.25) is 0 Å². The van der Waals surface area contributed by atoms with Crippen LogP contribution in [0.5, 0.6) is 11.5 Å². The van der Waals surface area contributed by atoms with E-state index in [4.69, 9.17) is 21.2 Å². The number of nitrogens with zero attached hydrogens (tertiary/aromatic N) is 1. The molecule has 0 bridgehead atoms. The van der Waals surface area contributed by atoms with Gasteiger partial charge in [0.1, 0.15) is 29.8 Å². The predicted molar refractivity (Wildman–Crippen MR) is 129 cm³/mol. The third kappa shape index (κ3) is 6.62. The summed E-state index contributed by atoms with van der Waals surface area (Å²) in [6.07, 6.45) is 9.03. The summed E-state index contributed by atoms with van der Waals surface area (Å²) in [7, 11) is 0. The van der Waals surface area contributed by atoms with E-state index in [2.05, 4.69) is 5.16 Å². The maximum Gasteiger partial charge on any atom is 0.342 e. The number of halogens is 1. The topological polar surface area (TPSA) is 88.4 Å². The van der Waals surface area contributed by atoms with Crippen molar-refractivity contribution in [2.75, 3.05) is 0 Å². The van der Waals surface area contributed by atoms with Gasteiger partial charge in [-0.05, 0) is 37.0 Å². The Morgan fingerprint density at radius 3 is 2.61 bits per heavy atom. The lowest BCUT2D eigenvalue weighted by molar-refractivity contribution is 0.0262. The maximum atomic E-state index is 13.0. The highest BCUT2D eigenvalue weighted by Gasteiger charge is 2.26. The maximum absolute atomic E-state index is 13.0. The van der Waals surface area contributed by atoms with Crippen molar-refractivity contribution in [3.05, 3.63) is 82.4 Å². The summed E-state index contributed by atoms with van der Waals surface area (Å²) in [6.45, 7) is 4.02. The van der Waals surface area contributed by atoms with Crippen LogP contribution < -0.4 is 0 Å². The molecule has 0 fully saturated rings. The fourth-order valence-corrected chi connectivity index (χ4v) is 3.57. The Labute approximate surface area is 198 Å². The molecule has 0 saturated heterocycles. The van der Waals surface area contributed by atoms with Gasteiger partial charge in [-0.25, -0.2) is 4.79 Å². The molecule has 0 aromatic heterocycles. The van der Waals surface area contributed by atoms with Crippen molar-refractivity contribution in [2.24, 2.45) is 11.1 Å². The molecule has 0 aliphatic carbocycles. The zero-order valence-electron chi connectivity index (χ0n) is 18.7. The Kier molecular flexibility index (Phi) is 8.55. The Balaban J connectivity index is 1.99. The number of rotatable bonds is 3. The standard InChI is InChI=1S/C26H28ClNO5/c1-17-10-6-3-4-9-13-20(28-32-16-19-11-7-5-8-12-19)14-21-24(26(31)33-18(17)2)22(29)15-23(30)25(21)27/h5-13,15,17-18,29-30H,3-4,14,16H2,1-2H3/b10-6+,13-9+,28-20-/t17-,18+/m0/s1. The summed E-state index contributed by atoms with van der Waals surface area (Å²) in [4.78, 5) is 18.5. The number of carbonyl (C=O) groups excluding carboxylic acids is 1. The third-order valence-corrected chi connectivity index (χ3v) is 5.84. The molecule has 6 nitrogen and oxygen atoms in total. The lowest BCUT2D eigenvalue weighted by atomic mass is 9.98. The van der Waals surface area contributed by atoms with E-state index in [1.54, 1.807) is 13.0 Å². The molecular formula is C26H28ClNO5. The van der Waals surface area contributed by atoms with Crippen molar-refractivity contribution in [2.45, 2.75) is 45.8 Å². The van der Waals surface area contributed by atoms with E-state index in [9.17, 15) is 15.0 Å². The molecule has 33 heavy (non-hydrogen) atoms. The first-order chi connectivity index (χ1) is 15.9. The van der Waals surface area contributed by atoms with Gasteiger partial charge in [0, 0.05) is 18.4 Å². The molecule has 0 saturated carbocycles. The molecule has 2 aromatic carbocycles. The van der Waals surface area contributed by atoms with Crippen molar-refractivity contribution < 1.29 is 24.6 Å². The number of phenols is 2. The lowest BCUT2D eigenvalue weighted by Gasteiger charge is -2.20. The van der Waals surface area contributed by atoms with Crippen LogP contribution in [0.3, 0.4) is 0 Å². The molecule has 7 heteroatoms. The summed E-state index contributed by atoms with van der Waals surface area (Å²) in [6, 6.07) is 10.6. The average Bonchev–Trinajstić information content (AvgIpc) is 2.79. The number of benzene rings is 2. The zero-order valence-corrected chi connectivity index (χ0v) is 19.5. The van der Waals surface area contributed by atoms with Crippen LogP contribution in [0, 0.1) is 5.92 Å². The van der Waals surface area contributed by atoms with Crippen molar-refractivity contribution in [3.8, 4) is 11.5 Å². The van der Waals surface area contributed by atoms with E-state index in [1.807, 2.05) is 55.5 Å². The summed E-state index contributed by atoms with van der Waals surface area (Å²) in [5.74, 6) is -1.47. The number of oxime groups is 1. The highest BCUT2D eigenvalue weighted by molar-refractivity contribution is 6.33. The fraction of sp³-hybridized carbons (Fsp3) is 0.308. The van der Waals surface area contributed by atoms with E-state index >= 15 is 0 Å². The predicted octanol–water partition coefficient (Wildman–Crippen LogP) is 5.95. The summed E-state index contributed by atoms with van der Waals surface area (Å²) in [5, 5.41) is 24.8. The van der Waals surface area contributed by atoms with Gasteiger partial charge in [0.15, 0.2) is 0 Å². The summed E-state index contributed by atoms with van der Waals surface area (Å²) < 4.78 is 5.60. The second-order valence-electron chi connectivity index (χ2n) is 7.98. The molecule has 0 unspecified atom stereocenters. The molecule has 174 valence electrons. The SMILES string of the molecule is C[C@H]1/C=C/CC/C=C/C(=N/OCc2ccccc2)Cc2c(Cl)c(O)cc(O)c2C(=O)O[C@@H]1C. The van der Waals surface area contributed by atoms with E-state index in [0.717, 1.165) is 24.5 Å². The number of hydrogen-bond acceptors (Lipinski definition) is 6. The molecule has 2 N–H and O–H groups in total. The Morgan fingerprint density at radius 1 is 1.12 bits per heavy atom. The minimum absolute atomic E-state index is 0.0115. The van der Waals surface area contributed by atoms with E-state index < -0.39 is 17.8 Å². The second kappa shape index (κ2) is 11.6. The van der Waals surface area contributed by atoms with Crippen LogP contribution in [0.2, 0.25) is 5.02 Å². The lowest BCUT2D eigenvalue weighted by Crippen LogP contribution is -2.22. The van der Waals surface area contributed by atoms with Crippen molar-refractivity contribution in [1.29, 1.82) is 0 Å². The van der Waals surface area contributed by atoms with Crippen molar-refractivity contribution in [3.63, 3.8) is 0 Å². The molecule has 1 heterocycles. The smallest absolute Gasteiger partial charge is 0.342 e. The highest BCUT2D eigenvalue weighted by Crippen LogP contribution is 2.37. The van der Waals surface area contributed by atoms with Crippen LogP contribution in [0.1, 0.15) is 48.2 Å². The highest BCUT2D eigenvalue weighted by atomic mass is 35.5. The van der Waals surface area contributed by atoms with E-state index in [-0.39, 0.29) is 40.8 Å². The number of fused-ring (bicyclic) bond motifs is 1. The van der Waals surface area contributed by atoms with Gasteiger partial charge in [0.05, 0.1) is 10.7 Å². The molecule has 1 aliphatic heterocycles. The van der Waals surface area contributed by atoms with Crippen LogP contribution in [-0.2, 0) is 22.6 Å². The molecule has 3 rings (SSSR count). The fourth-order valence-electron chi connectivity index (χ4n) is 3.36. The van der Waals surface area contributed by atoms with E-state index in [0.29, 0.717) is 5.71 Å². The van der Waals surface area contributed by atoms with Crippen LogP contribution in [0.4, 0.5) is 0 Å². The Hall–Kier alpha value is -3.25. The minimum Gasteiger partial charge on any atom is -0.507 e. The normalized spacial score (nSPS) is 22.6. The number of cyclic esters (lactones) is 1. The van der Waals surface area contributed by atoms with Crippen LogP contribution in [-0.4, -0.2) is 28.0 Å². The largest absolute Gasteiger partial charge is 0.507 e. The van der Waals surface area contributed by atoms with Gasteiger partial charge in [-0.1, -0.05) is 72.2 Å². The number of aromatic hydroxyl groups is 2. The van der Waals surface area contributed by atoms with Gasteiger partial charge >= 0.3 is 5.97 Å². The molecule has 1 aliphatic rings. The first kappa shape index (κ1) is 24.4. The quantitative estimate of drug-likeness (QED) is 0.329. The number of allylic oxidation sites excluding steroid dienone is 3. The molecule has 2 atom stereocenters. The van der Waals surface area contributed by atoms with Gasteiger partial charge in [-0.2, -0.15) is 0 Å². The van der Waals surface area contributed by atoms with Gasteiger partial charge < -0.3 is 19.8 Å². The number of carbonyl (C=O) groups is 1. The van der Waals surface area contributed by atoms with Gasteiger partial charge in [0.25, 0.3) is 0 Å². The van der Waals surface area contributed by atoms with E-state index in [1.165, 1.54) is 0 Å². The molecule has 0 spiro atoms. The molecular weight excluding hydrogens is 442 g/mol. The summed E-state index contributed by atoms with van der Waals surface area (Å²) in [5.41, 5.74) is 1.56. The average molecular weight is 470 g/mol. The number of phenolic OH excluding ortho intramolecular Hbond substituents is 2. The molecule has 0 radical (unpaired) electrons. The van der Waals surface area contributed by atoms with Gasteiger partial charge in [0.2, 0.25) is 0 Å². The third-order valence-electron chi connectivity index (χ3n) is 5.42. The monoisotopic (exact) mass is 469 g/mol. The van der Waals surface area contributed by atoms with Crippen LogP contribution in [0.25, 0.3) is 0 Å². The first-order valence-electron chi connectivity index (χ1n) is 10.9. The van der Waals surface area contributed by atoms with Crippen LogP contribution in [0.15, 0.2) is 65.9 Å². The Bertz CT molecular complexity index is 1060. The van der Waals surface area contributed by atoms with Gasteiger partial charge in [-0.15, -0.1) is 0 Å². The first-order valence-corrected chi connectivity index (χ1v) is 11.2. The number of ether oxygens (including phenoxy) is 1. The van der Waals surface area contributed by atoms with Crippen LogP contribution >= 0.6 is 11.6 Å².